The second-order valence-corrected chi connectivity index (χ2v) is 3.01. The molecule has 2 rings (SSSR count). The van der Waals surface area contributed by atoms with Crippen LogP contribution in [0.15, 0.2) is 17.2 Å². The Morgan fingerprint density at radius 3 is 2.80 bits per heavy atom. The number of nitrogens with zero attached hydrogens (tertiary/aromatic N) is 4. The number of aryl methyl sites for hydroxylation is 1. The topological polar surface area (TPSA) is 72.7 Å². The van der Waals surface area contributed by atoms with Crippen molar-refractivity contribution in [3.8, 4) is 0 Å². The molecular weight excluding hydrogens is 194 g/mol. The average Bonchev–Trinajstić information content (AvgIpc) is 2.28. The molecule has 0 amide bonds. The van der Waals surface area contributed by atoms with Crippen LogP contribution < -0.4 is 11.0 Å². The number of aromatic nitrogens is 4. The van der Waals surface area contributed by atoms with Crippen LogP contribution in [0.2, 0.25) is 0 Å². The summed E-state index contributed by atoms with van der Waals surface area (Å²) in [5.74, 6) is 0.496. The summed E-state index contributed by atoms with van der Waals surface area (Å²) in [6.07, 6.45) is 3.13. The highest BCUT2D eigenvalue weighted by Crippen LogP contribution is 2.08. The van der Waals surface area contributed by atoms with Gasteiger partial charge in [-0.1, -0.05) is 0 Å². The second-order valence-electron chi connectivity index (χ2n) is 3.01. The molecule has 2 aromatic heterocycles. The van der Waals surface area contributed by atoms with E-state index < -0.39 is 0 Å². The van der Waals surface area contributed by atoms with Gasteiger partial charge in [-0.05, 0) is 6.92 Å². The van der Waals surface area contributed by atoms with E-state index in [2.05, 4.69) is 20.3 Å². The van der Waals surface area contributed by atoms with Gasteiger partial charge in [0.05, 0.1) is 5.39 Å². The first-order valence-corrected chi connectivity index (χ1v) is 4.66. The van der Waals surface area contributed by atoms with E-state index in [0.717, 1.165) is 5.39 Å². The molecule has 0 fully saturated rings. The van der Waals surface area contributed by atoms with E-state index in [0.29, 0.717) is 18.1 Å². The predicted molar refractivity (Wildman–Crippen MR) is 56.8 cm³/mol. The fraction of sp³-hybridized carbons (Fsp3) is 0.333. The van der Waals surface area contributed by atoms with Crippen LogP contribution in [-0.2, 0) is 6.54 Å². The van der Waals surface area contributed by atoms with Crippen LogP contribution in [0.1, 0.15) is 6.92 Å². The Morgan fingerprint density at radius 2 is 2.13 bits per heavy atom. The van der Waals surface area contributed by atoms with Crippen molar-refractivity contribution in [2.45, 2.75) is 13.5 Å². The lowest BCUT2D eigenvalue weighted by Gasteiger charge is -2.06. The molecule has 0 radical (unpaired) electrons. The third-order valence-electron chi connectivity index (χ3n) is 2.14. The minimum absolute atomic E-state index is 0.286. The molecule has 2 aromatic rings. The van der Waals surface area contributed by atoms with Gasteiger partial charge < -0.3 is 5.32 Å². The zero-order valence-corrected chi connectivity index (χ0v) is 8.56. The second kappa shape index (κ2) is 3.64. The van der Waals surface area contributed by atoms with Crippen LogP contribution >= 0.6 is 0 Å². The maximum absolute atomic E-state index is 11.4. The van der Waals surface area contributed by atoms with E-state index in [1.54, 1.807) is 13.2 Å². The molecule has 0 aliphatic rings. The van der Waals surface area contributed by atoms with Gasteiger partial charge in [-0.25, -0.2) is 14.8 Å². The van der Waals surface area contributed by atoms with Crippen molar-refractivity contribution in [1.82, 2.24) is 19.5 Å². The number of rotatable bonds is 2. The van der Waals surface area contributed by atoms with E-state index in [1.165, 1.54) is 10.8 Å². The summed E-state index contributed by atoms with van der Waals surface area (Å²) in [5.41, 5.74) is 0.322. The molecule has 2 heterocycles. The normalized spacial score (nSPS) is 10.5. The third-order valence-corrected chi connectivity index (χ3v) is 2.14. The number of anilines is 1. The predicted octanol–water partition coefficient (Wildman–Crippen LogP) is 0.248. The number of hydrogen-bond acceptors (Lipinski definition) is 5. The van der Waals surface area contributed by atoms with Crippen molar-refractivity contribution in [3.63, 3.8) is 0 Å². The van der Waals surface area contributed by atoms with Crippen LogP contribution in [0.4, 0.5) is 5.95 Å². The van der Waals surface area contributed by atoms with Gasteiger partial charge in [0.15, 0.2) is 5.65 Å². The molecule has 0 bridgehead atoms. The molecule has 0 aromatic carbocycles. The highest BCUT2D eigenvalue weighted by Gasteiger charge is 2.05. The van der Waals surface area contributed by atoms with Crippen LogP contribution in [0.25, 0.3) is 11.0 Å². The molecule has 1 N–H and O–H groups in total. The fourth-order valence-electron chi connectivity index (χ4n) is 1.38. The monoisotopic (exact) mass is 205 g/mol. The highest BCUT2D eigenvalue weighted by molar-refractivity contribution is 5.73. The highest BCUT2D eigenvalue weighted by atomic mass is 16.1. The number of nitrogens with one attached hydrogen (secondary N) is 1. The maximum atomic E-state index is 11.4. The van der Waals surface area contributed by atoms with Crippen LogP contribution in [0.5, 0.6) is 0 Å². The van der Waals surface area contributed by atoms with Gasteiger partial charge >= 0.3 is 5.69 Å². The molecule has 15 heavy (non-hydrogen) atoms. The van der Waals surface area contributed by atoms with E-state index in [1.807, 2.05) is 6.92 Å². The SMILES string of the molecule is CCn1c(=O)ncc2cnc(NC)nc21. The lowest BCUT2D eigenvalue weighted by Crippen LogP contribution is -2.22. The lowest BCUT2D eigenvalue weighted by molar-refractivity contribution is 0.721. The summed E-state index contributed by atoms with van der Waals surface area (Å²) in [6, 6.07) is 0. The summed E-state index contributed by atoms with van der Waals surface area (Å²) >= 11 is 0. The van der Waals surface area contributed by atoms with Crippen LogP contribution in [0, 0.1) is 0 Å². The van der Waals surface area contributed by atoms with Crippen molar-refractivity contribution in [2.24, 2.45) is 0 Å². The summed E-state index contributed by atoms with van der Waals surface area (Å²) in [7, 11) is 1.73. The van der Waals surface area contributed by atoms with Gasteiger partial charge in [-0.2, -0.15) is 4.98 Å². The molecule has 0 atom stereocenters. The van der Waals surface area contributed by atoms with E-state index in [4.69, 9.17) is 0 Å². The standard InChI is InChI=1S/C9H11N5O/c1-3-14-7-6(5-12-9(14)15)4-11-8(10-2)13-7/h4-5H,3H2,1-2H3,(H,10,11,13). The van der Waals surface area contributed by atoms with Crippen molar-refractivity contribution < 1.29 is 0 Å². The molecule has 0 aliphatic carbocycles. The number of fused-ring (bicyclic) bond motifs is 1. The zero-order valence-electron chi connectivity index (χ0n) is 8.56. The van der Waals surface area contributed by atoms with Gasteiger partial charge in [0.2, 0.25) is 5.95 Å². The maximum Gasteiger partial charge on any atom is 0.349 e. The molecule has 0 saturated heterocycles. The third kappa shape index (κ3) is 1.54. The fourth-order valence-corrected chi connectivity index (χ4v) is 1.38. The first-order valence-electron chi connectivity index (χ1n) is 4.66. The van der Waals surface area contributed by atoms with Crippen LogP contribution in [0.3, 0.4) is 0 Å². The van der Waals surface area contributed by atoms with Gasteiger partial charge in [0.1, 0.15) is 0 Å². The Kier molecular flexibility index (Phi) is 2.32. The van der Waals surface area contributed by atoms with Crippen molar-refractivity contribution in [1.29, 1.82) is 0 Å². The smallest absolute Gasteiger partial charge is 0.349 e. The molecule has 0 aliphatic heterocycles. The Morgan fingerprint density at radius 1 is 1.40 bits per heavy atom. The molecule has 0 spiro atoms. The summed E-state index contributed by atoms with van der Waals surface area (Å²) < 4.78 is 1.51. The van der Waals surface area contributed by atoms with Gasteiger partial charge in [-0.3, -0.25) is 4.57 Å². The Labute approximate surface area is 86.0 Å². The van der Waals surface area contributed by atoms with Crippen molar-refractivity contribution >= 4 is 17.0 Å². The minimum atomic E-state index is -0.286. The molecule has 0 unspecified atom stereocenters. The Balaban J connectivity index is 2.82. The van der Waals surface area contributed by atoms with E-state index in [9.17, 15) is 4.79 Å². The van der Waals surface area contributed by atoms with E-state index >= 15 is 0 Å². The lowest BCUT2D eigenvalue weighted by atomic mass is 10.4. The zero-order chi connectivity index (χ0) is 10.8. The van der Waals surface area contributed by atoms with Gasteiger partial charge in [0, 0.05) is 26.0 Å². The van der Waals surface area contributed by atoms with E-state index in [-0.39, 0.29) is 5.69 Å². The Hall–Kier alpha value is -1.98. The largest absolute Gasteiger partial charge is 0.357 e. The van der Waals surface area contributed by atoms with Gasteiger partial charge in [0.25, 0.3) is 0 Å². The van der Waals surface area contributed by atoms with Crippen LogP contribution in [-0.4, -0.2) is 26.6 Å². The molecular formula is C9H11N5O. The van der Waals surface area contributed by atoms with Crippen molar-refractivity contribution in [3.05, 3.63) is 22.9 Å². The Bertz CT molecular complexity index is 548. The number of hydrogen-bond donors (Lipinski definition) is 1. The summed E-state index contributed by atoms with van der Waals surface area (Å²) in [6.45, 7) is 2.42. The van der Waals surface area contributed by atoms with Crippen molar-refractivity contribution in [2.75, 3.05) is 12.4 Å². The first kappa shape index (κ1) is 9.57. The average molecular weight is 205 g/mol. The first-order chi connectivity index (χ1) is 7.26. The molecule has 78 valence electrons. The summed E-state index contributed by atoms with van der Waals surface area (Å²) in [4.78, 5) is 23.5. The quantitative estimate of drug-likeness (QED) is 0.760. The van der Waals surface area contributed by atoms with Gasteiger partial charge in [-0.15, -0.1) is 0 Å². The minimum Gasteiger partial charge on any atom is -0.357 e. The summed E-state index contributed by atoms with van der Waals surface area (Å²) in [5, 5.41) is 3.59. The molecule has 6 nitrogen and oxygen atoms in total. The molecule has 0 saturated carbocycles. The molecule has 6 heteroatoms.